The Morgan fingerprint density at radius 3 is 2.65 bits per heavy atom. The number of carbonyl (C=O) groups is 1. The fourth-order valence-corrected chi connectivity index (χ4v) is 4.52. The molecule has 0 aliphatic carbocycles. The van der Waals surface area contributed by atoms with E-state index in [0.29, 0.717) is 13.0 Å². The number of urea groups is 1. The van der Waals surface area contributed by atoms with Crippen LogP contribution in [-0.2, 0) is 16.3 Å². The maximum atomic E-state index is 11.8. The molecule has 0 aromatic heterocycles. The largest absolute Gasteiger partial charge is 0.508 e. The molecule has 128 valence electrons. The molecule has 2 amide bonds. The van der Waals surface area contributed by atoms with Crippen LogP contribution in [0.25, 0.3) is 0 Å². The average molecular weight is 340 g/mol. The molecule has 6 nitrogen and oxygen atoms in total. The number of hydrogen-bond donors (Lipinski definition) is 3. The molecule has 3 N–H and O–H groups in total. The predicted molar refractivity (Wildman–Crippen MR) is 89.2 cm³/mol. The van der Waals surface area contributed by atoms with Gasteiger partial charge in [-0.3, -0.25) is 0 Å². The molecule has 0 bridgehead atoms. The van der Waals surface area contributed by atoms with E-state index in [1.165, 1.54) is 0 Å². The van der Waals surface area contributed by atoms with Gasteiger partial charge in [-0.05, 0) is 49.8 Å². The lowest BCUT2D eigenvalue weighted by molar-refractivity contribution is 0.235. The van der Waals surface area contributed by atoms with Crippen molar-refractivity contribution < 1.29 is 18.3 Å². The minimum absolute atomic E-state index is 0.0103. The van der Waals surface area contributed by atoms with E-state index < -0.39 is 9.84 Å². The summed E-state index contributed by atoms with van der Waals surface area (Å²) in [6.45, 7) is 2.33. The van der Waals surface area contributed by atoms with Gasteiger partial charge in [-0.25, -0.2) is 13.2 Å². The molecular formula is C16H24N2O4S. The van der Waals surface area contributed by atoms with Crippen molar-refractivity contribution in [1.82, 2.24) is 10.6 Å². The molecule has 7 heteroatoms. The maximum Gasteiger partial charge on any atom is 0.315 e. The number of phenolic OH excluding ortho intramolecular Hbond substituents is 1. The molecule has 2 rings (SSSR count). The van der Waals surface area contributed by atoms with Crippen molar-refractivity contribution in [3.05, 3.63) is 29.8 Å². The summed E-state index contributed by atoms with van der Waals surface area (Å²) in [5, 5.41) is 14.8. The second-order valence-corrected chi connectivity index (χ2v) is 8.46. The van der Waals surface area contributed by atoms with Crippen molar-refractivity contribution in [2.24, 2.45) is 5.92 Å². The van der Waals surface area contributed by atoms with Crippen molar-refractivity contribution >= 4 is 15.9 Å². The van der Waals surface area contributed by atoms with Crippen molar-refractivity contribution in [2.75, 3.05) is 18.1 Å². The Balaban J connectivity index is 1.65. The fraction of sp³-hybridized carbons (Fsp3) is 0.562. The molecule has 0 saturated carbocycles. The van der Waals surface area contributed by atoms with Gasteiger partial charge >= 0.3 is 6.03 Å². The van der Waals surface area contributed by atoms with Crippen LogP contribution in [0.2, 0.25) is 0 Å². The predicted octanol–water partition coefficient (Wildman–Crippen LogP) is 1.45. The summed E-state index contributed by atoms with van der Waals surface area (Å²) in [5.74, 6) is 0.666. The van der Waals surface area contributed by atoms with Gasteiger partial charge in [0.25, 0.3) is 0 Å². The monoisotopic (exact) mass is 340 g/mol. The van der Waals surface area contributed by atoms with Crippen LogP contribution < -0.4 is 10.6 Å². The van der Waals surface area contributed by atoms with Gasteiger partial charge in [0.15, 0.2) is 9.84 Å². The zero-order chi connectivity index (χ0) is 16.9. The zero-order valence-electron chi connectivity index (χ0n) is 13.3. The summed E-state index contributed by atoms with van der Waals surface area (Å²) in [4.78, 5) is 11.8. The lowest BCUT2D eigenvalue weighted by atomic mass is 10.1. The van der Waals surface area contributed by atoms with Crippen LogP contribution in [0.1, 0.15) is 25.3 Å². The number of phenols is 1. The molecule has 1 aromatic carbocycles. The first-order valence-electron chi connectivity index (χ1n) is 7.87. The molecule has 1 heterocycles. The minimum atomic E-state index is -2.90. The highest BCUT2D eigenvalue weighted by Gasteiger charge is 2.27. The van der Waals surface area contributed by atoms with E-state index in [-0.39, 0.29) is 35.2 Å². The number of benzene rings is 1. The van der Waals surface area contributed by atoms with Crippen LogP contribution in [-0.4, -0.2) is 43.6 Å². The molecule has 1 fully saturated rings. The van der Waals surface area contributed by atoms with Gasteiger partial charge in [-0.15, -0.1) is 0 Å². The Bertz CT molecular complexity index is 628. The number of rotatable bonds is 6. The van der Waals surface area contributed by atoms with Gasteiger partial charge in [0, 0.05) is 12.6 Å². The van der Waals surface area contributed by atoms with Gasteiger partial charge in [0.2, 0.25) is 0 Å². The van der Waals surface area contributed by atoms with Crippen LogP contribution in [0.5, 0.6) is 5.75 Å². The van der Waals surface area contributed by atoms with E-state index in [1.54, 1.807) is 12.1 Å². The smallest absolute Gasteiger partial charge is 0.315 e. The quantitative estimate of drug-likeness (QED) is 0.730. The van der Waals surface area contributed by atoms with Crippen molar-refractivity contribution in [3.63, 3.8) is 0 Å². The van der Waals surface area contributed by atoms with Crippen LogP contribution in [0.15, 0.2) is 24.3 Å². The molecule has 1 aliphatic rings. The Kier molecular flexibility index (Phi) is 5.87. The number of sulfone groups is 1. The first kappa shape index (κ1) is 17.6. The summed E-state index contributed by atoms with van der Waals surface area (Å²) in [5.41, 5.74) is 1.10. The highest BCUT2D eigenvalue weighted by Crippen LogP contribution is 2.17. The summed E-state index contributed by atoms with van der Waals surface area (Å²) >= 11 is 0. The van der Waals surface area contributed by atoms with E-state index in [4.69, 9.17) is 0 Å². The van der Waals surface area contributed by atoms with Crippen LogP contribution in [0.3, 0.4) is 0 Å². The Hall–Kier alpha value is -1.76. The average Bonchev–Trinajstić information content (AvgIpc) is 2.84. The fourth-order valence-electron chi connectivity index (χ4n) is 2.66. The normalized spacial score (nSPS) is 20.8. The minimum Gasteiger partial charge on any atom is -0.508 e. The van der Waals surface area contributed by atoms with Gasteiger partial charge < -0.3 is 15.7 Å². The Morgan fingerprint density at radius 2 is 2.04 bits per heavy atom. The summed E-state index contributed by atoms with van der Waals surface area (Å²) < 4.78 is 22.7. The number of amides is 2. The second kappa shape index (κ2) is 7.68. The molecular weight excluding hydrogens is 316 g/mol. The molecule has 2 atom stereocenters. The molecule has 0 spiro atoms. The van der Waals surface area contributed by atoms with Crippen LogP contribution in [0, 0.1) is 5.92 Å². The molecule has 1 aliphatic heterocycles. The number of carbonyl (C=O) groups excluding carboxylic acids is 1. The summed E-state index contributed by atoms with van der Waals surface area (Å²) in [6, 6.07) is 6.78. The van der Waals surface area contributed by atoms with E-state index in [9.17, 15) is 18.3 Å². The van der Waals surface area contributed by atoms with E-state index in [2.05, 4.69) is 10.6 Å². The van der Waals surface area contributed by atoms with Gasteiger partial charge in [-0.1, -0.05) is 12.1 Å². The highest BCUT2D eigenvalue weighted by molar-refractivity contribution is 7.91. The first-order valence-corrected chi connectivity index (χ1v) is 9.69. The molecule has 1 aromatic rings. The maximum absolute atomic E-state index is 11.8. The molecule has 2 unspecified atom stereocenters. The number of hydrogen-bond acceptors (Lipinski definition) is 4. The lowest BCUT2D eigenvalue weighted by Crippen LogP contribution is -2.42. The third-order valence-corrected chi connectivity index (χ3v) is 5.89. The third kappa shape index (κ3) is 6.09. The highest BCUT2D eigenvalue weighted by atomic mass is 32.2. The first-order chi connectivity index (χ1) is 10.8. The van der Waals surface area contributed by atoms with Crippen LogP contribution >= 0.6 is 0 Å². The number of nitrogens with one attached hydrogen (secondary N) is 2. The summed E-state index contributed by atoms with van der Waals surface area (Å²) in [6.07, 6.45) is 2.22. The number of aromatic hydroxyl groups is 1. The Morgan fingerprint density at radius 1 is 1.35 bits per heavy atom. The van der Waals surface area contributed by atoms with Crippen LogP contribution in [0.4, 0.5) is 4.79 Å². The lowest BCUT2D eigenvalue weighted by Gasteiger charge is -2.16. The second-order valence-electron chi connectivity index (χ2n) is 6.23. The number of aryl methyl sites for hydroxylation is 1. The zero-order valence-corrected chi connectivity index (χ0v) is 14.1. The van der Waals surface area contributed by atoms with E-state index in [1.807, 2.05) is 19.1 Å². The van der Waals surface area contributed by atoms with E-state index in [0.717, 1.165) is 18.4 Å². The van der Waals surface area contributed by atoms with Gasteiger partial charge in [-0.2, -0.15) is 0 Å². The van der Waals surface area contributed by atoms with E-state index >= 15 is 0 Å². The standard InChI is InChI=1S/C16H24N2O4S/c1-12(2-3-13-4-6-15(19)7-5-13)18-16(20)17-10-14-8-9-23(21,22)11-14/h4-7,12,14,19H,2-3,8-11H2,1H3,(H2,17,18,20). The van der Waals surface area contributed by atoms with Crippen molar-refractivity contribution in [2.45, 2.75) is 32.2 Å². The topological polar surface area (TPSA) is 95.5 Å². The SMILES string of the molecule is CC(CCc1ccc(O)cc1)NC(=O)NCC1CCS(=O)(=O)C1. The van der Waals surface area contributed by atoms with Gasteiger partial charge in [0.1, 0.15) is 5.75 Å². The van der Waals surface area contributed by atoms with Crippen molar-refractivity contribution in [3.8, 4) is 5.75 Å². The van der Waals surface area contributed by atoms with Gasteiger partial charge in [0.05, 0.1) is 11.5 Å². The summed E-state index contributed by atoms with van der Waals surface area (Å²) in [7, 11) is -2.90. The van der Waals surface area contributed by atoms with Crippen molar-refractivity contribution in [1.29, 1.82) is 0 Å². The Labute approximate surface area is 137 Å². The molecule has 0 radical (unpaired) electrons. The molecule has 23 heavy (non-hydrogen) atoms. The molecule has 1 saturated heterocycles. The third-order valence-electron chi connectivity index (χ3n) is 4.06.